The van der Waals surface area contributed by atoms with Crippen molar-refractivity contribution in [3.8, 4) is 0 Å². The molecule has 1 fully saturated rings. The minimum atomic E-state index is -3.80. The first-order valence-corrected chi connectivity index (χ1v) is 11.8. The molecular formula is C22H30N4O3S. The average molecular weight is 431 g/mol. The number of hydrogen-bond acceptors (Lipinski definition) is 5. The van der Waals surface area contributed by atoms with Crippen LogP contribution in [0.25, 0.3) is 0 Å². The van der Waals surface area contributed by atoms with Gasteiger partial charge in [0.25, 0.3) is 15.9 Å². The molecule has 0 aromatic heterocycles. The molecule has 1 saturated heterocycles. The molecule has 1 aliphatic heterocycles. The first-order chi connectivity index (χ1) is 14.3. The van der Waals surface area contributed by atoms with Gasteiger partial charge in [-0.1, -0.05) is 26.0 Å². The van der Waals surface area contributed by atoms with E-state index in [1.54, 1.807) is 24.3 Å². The molecule has 162 valence electrons. The van der Waals surface area contributed by atoms with E-state index in [9.17, 15) is 13.2 Å². The van der Waals surface area contributed by atoms with E-state index < -0.39 is 10.0 Å². The molecule has 0 saturated carbocycles. The third-order valence-electron chi connectivity index (χ3n) is 5.16. The van der Waals surface area contributed by atoms with Crippen molar-refractivity contribution in [3.05, 3.63) is 53.6 Å². The molecule has 1 amide bonds. The Morgan fingerprint density at radius 3 is 2.37 bits per heavy atom. The Balaban J connectivity index is 1.96. The quantitative estimate of drug-likeness (QED) is 0.628. The Bertz CT molecular complexity index is 982. The van der Waals surface area contributed by atoms with Crippen molar-refractivity contribution < 1.29 is 13.2 Å². The van der Waals surface area contributed by atoms with Gasteiger partial charge in [-0.15, -0.1) is 0 Å². The van der Waals surface area contributed by atoms with E-state index in [1.165, 1.54) is 0 Å². The molecular weight excluding hydrogens is 400 g/mol. The number of anilines is 2. The molecule has 0 atom stereocenters. The summed E-state index contributed by atoms with van der Waals surface area (Å²) in [6.07, 6.45) is 0. The maximum absolute atomic E-state index is 13.1. The van der Waals surface area contributed by atoms with Gasteiger partial charge < -0.3 is 15.5 Å². The molecule has 0 unspecified atom stereocenters. The molecule has 0 aliphatic carbocycles. The number of sulfonamides is 1. The number of rotatable bonds is 7. The Labute approximate surface area is 178 Å². The SMILES string of the molecule is CCNC(=O)c1ccc(N2CCNCC2)c(NS(=O)(=O)c2ccc(C(C)C)cc2)c1. The Morgan fingerprint density at radius 1 is 1.10 bits per heavy atom. The van der Waals surface area contributed by atoms with Crippen LogP contribution in [-0.2, 0) is 10.0 Å². The lowest BCUT2D eigenvalue weighted by Crippen LogP contribution is -2.43. The highest BCUT2D eigenvalue weighted by molar-refractivity contribution is 7.92. The standard InChI is InChI=1S/C22H30N4O3S/c1-4-24-22(27)18-7-10-21(26-13-11-23-12-14-26)20(15-18)25-30(28,29)19-8-5-17(6-9-19)16(2)3/h5-10,15-16,23,25H,4,11-14H2,1-3H3,(H,24,27). The minimum Gasteiger partial charge on any atom is -0.367 e. The molecule has 30 heavy (non-hydrogen) atoms. The Hall–Kier alpha value is -2.58. The molecule has 2 aromatic rings. The fraction of sp³-hybridized carbons (Fsp3) is 0.409. The van der Waals surface area contributed by atoms with Crippen LogP contribution in [0.15, 0.2) is 47.4 Å². The van der Waals surface area contributed by atoms with E-state index in [0.717, 1.165) is 37.4 Å². The number of piperazine rings is 1. The van der Waals surface area contributed by atoms with Crippen LogP contribution in [0.4, 0.5) is 11.4 Å². The molecule has 8 heteroatoms. The molecule has 7 nitrogen and oxygen atoms in total. The molecule has 0 bridgehead atoms. The number of nitrogens with zero attached hydrogens (tertiary/aromatic N) is 1. The van der Waals surface area contributed by atoms with E-state index in [4.69, 9.17) is 0 Å². The van der Waals surface area contributed by atoms with Gasteiger partial charge in [0.2, 0.25) is 0 Å². The summed E-state index contributed by atoms with van der Waals surface area (Å²) in [7, 11) is -3.80. The van der Waals surface area contributed by atoms with Crippen molar-refractivity contribution in [2.75, 3.05) is 42.3 Å². The first kappa shape index (κ1) is 22.1. The van der Waals surface area contributed by atoms with E-state index >= 15 is 0 Å². The summed E-state index contributed by atoms with van der Waals surface area (Å²) in [6.45, 7) is 9.64. The molecule has 0 radical (unpaired) electrons. The molecule has 1 aliphatic rings. The van der Waals surface area contributed by atoms with Gasteiger partial charge in [-0.2, -0.15) is 0 Å². The van der Waals surface area contributed by atoms with Gasteiger partial charge in [0.15, 0.2) is 0 Å². The van der Waals surface area contributed by atoms with Crippen LogP contribution >= 0.6 is 0 Å². The van der Waals surface area contributed by atoms with Crippen LogP contribution in [0.1, 0.15) is 42.6 Å². The number of carbonyl (C=O) groups excluding carboxylic acids is 1. The second kappa shape index (κ2) is 9.49. The van der Waals surface area contributed by atoms with Crippen molar-refractivity contribution in [3.63, 3.8) is 0 Å². The van der Waals surface area contributed by atoms with Crippen molar-refractivity contribution in [2.24, 2.45) is 0 Å². The monoisotopic (exact) mass is 430 g/mol. The summed E-state index contributed by atoms with van der Waals surface area (Å²) in [5.41, 5.74) is 2.68. The fourth-order valence-corrected chi connectivity index (χ4v) is 4.50. The van der Waals surface area contributed by atoms with Gasteiger partial charge in [-0.25, -0.2) is 8.42 Å². The third kappa shape index (κ3) is 5.12. The third-order valence-corrected chi connectivity index (χ3v) is 6.54. The van der Waals surface area contributed by atoms with Crippen molar-refractivity contribution in [2.45, 2.75) is 31.6 Å². The second-order valence-corrected chi connectivity index (χ2v) is 9.34. The van der Waals surface area contributed by atoms with Crippen LogP contribution in [-0.4, -0.2) is 47.0 Å². The summed E-state index contributed by atoms with van der Waals surface area (Å²) in [4.78, 5) is 14.6. The maximum Gasteiger partial charge on any atom is 0.261 e. The van der Waals surface area contributed by atoms with Crippen LogP contribution < -0.4 is 20.3 Å². The summed E-state index contributed by atoms with van der Waals surface area (Å²) in [6, 6.07) is 12.1. The number of benzene rings is 2. The number of carbonyl (C=O) groups is 1. The van der Waals surface area contributed by atoms with Gasteiger partial charge >= 0.3 is 0 Å². The molecule has 0 spiro atoms. The van der Waals surface area contributed by atoms with Gasteiger partial charge in [-0.05, 0) is 48.7 Å². The Kier molecular flexibility index (Phi) is 6.99. The van der Waals surface area contributed by atoms with Crippen molar-refractivity contribution >= 4 is 27.3 Å². The van der Waals surface area contributed by atoms with Crippen LogP contribution in [0.2, 0.25) is 0 Å². The zero-order valence-electron chi connectivity index (χ0n) is 17.7. The van der Waals surface area contributed by atoms with E-state index in [1.807, 2.05) is 25.1 Å². The fourth-order valence-electron chi connectivity index (χ4n) is 3.44. The predicted molar refractivity (Wildman–Crippen MR) is 121 cm³/mol. The van der Waals surface area contributed by atoms with E-state index in [0.29, 0.717) is 23.7 Å². The normalized spacial score (nSPS) is 14.6. The van der Waals surface area contributed by atoms with Crippen molar-refractivity contribution in [1.82, 2.24) is 10.6 Å². The number of amides is 1. The number of hydrogen-bond donors (Lipinski definition) is 3. The summed E-state index contributed by atoms with van der Waals surface area (Å²) < 4.78 is 28.9. The second-order valence-electron chi connectivity index (χ2n) is 7.66. The summed E-state index contributed by atoms with van der Waals surface area (Å²) in [5, 5.41) is 6.05. The van der Waals surface area contributed by atoms with Gasteiger partial charge in [0.05, 0.1) is 16.3 Å². The highest BCUT2D eigenvalue weighted by Crippen LogP contribution is 2.30. The van der Waals surface area contributed by atoms with Crippen molar-refractivity contribution in [1.29, 1.82) is 0 Å². The molecule has 3 N–H and O–H groups in total. The zero-order chi connectivity index (χ0) is 21.7. The van der Waals surface area contributed by atoms with Gasteiger partial charge in [-0.3, -0.25) is 9.52 Å². The average Bonchev–Trinajstić information content (AvgIpc) is 2.74. The van der Waals surface area contributed by atoms with Gasteiger partial charge in [0.1, 0.15) is 0 Å². The summed E-state index contributed by atoms with van der Waals surface area (Å²) in [5.74, 6) is 0.0916. The zero-order valence-corrected chi connectivity index (χ0v) is 18.6. The predicted octanol–water partition coefficient (Wildman–Crippen LogP) is 2.77. The lowest BCUT2D eigenvalue weighted by molar-refractivity contribution is 0.0956. The first-order valence-electron chi connectivity index (χ1n) is 10.3. The van der Waals surface area contributed by atoms with Gasteiger partial charge in [0, 0.05) is 38.3 Å². The number of nitrogens with one attached hydrogen (secondary N) is 3. The molecule has 3 rings (SSSR count). The van der Waals surface area contributed by atoms with Crippen LogP contribution in [0.5, 0.6) is 0 Å². The van der Waals surface area contributed by atoms with E-state index in [2.05, 4.69) is 34.1 Å². The molecule has 2 aromatic carbocycles. The van der Waals surface area contributed by atoms with E-state index in [-0.39, 0.29) is 10.8 Å². The van der Waals surface area contributed by atoms with Crippen LogP contribution in [0.3, 0.4) is 0 Å². The highest BCUT2D eigenvalue weighted by atomic mass is 32.2. The maximum atomic E-state index is 13.1. The highest BCUT2D eigenvalue weighted by Gasteiger charge is 2.21. The minimum absolute atomic E-state index is 0.196. The Morgan fingerprint density at radius 2 is 1.77 bits per heavy atom. The summed E-state index contributed by atoms with van der Waals surface area (Å²) >= 11 is 0. The van der Waals surface area contributed by atoms with Crippen LogP contribution in [0, 0.1) is 0 Å². The topological polar surface area (TPSA) is 90.5 Å². The lowest BCUT2D eigenvalue weighted by Gasteiger charge is -2.31. The smallest absolute Gasteiger partial charge is 0.261 e. The lowest BCUT2D eigenvalue weighted by atomic mass is 10.0. The molecule has 1 heterocycles. The largest absolute Gasteiger partial charge is 0.367 e.